The SMILES string of the molecule is CCC(C)C(NC(=O)C(CC(=O)O)NC(=O)C(CC(C)C)NC(=O)C(N)CCCN=C(N)N)C(=O)O. The molecule has 0 saturated carbocycles. The number of nitrogens with one attached hydrogen (secondary N) is 3. The zero-order valence-corrected chi connectivity index (χ0v) is 21.3. The van der Waals surface area contributed by atoms with Gasteiger partial charge in [-0.3, -0.25) is 24.2 Å². The summed E-state index contributed by atoms with van der Waals surface area (Å²) < 4.78 is 0. The zero-order valence-electron chi connectivity index (χ0n) is 21.3. The van der Waals surface area contributed by atoms with Crippen molar-refractivity contribution in [3.63, 3.8) is 0 Å². The van der Waals surface area contributed by atoms with E-state index < -0.39 is 66.2 Å². The third-order valence-corrected chi connectivity index (χ3v) is 5.43. The number of carboxylic acids is 2. The Morgan fingerprint density at radius 1 is 0.889 bits per heavy atom. The number of aliphatic imine (C=N–C) groups is 1. The van der Waals surface area contributed by atoms with E-state index in [0.717, 1.165) is 0 Å². The summed E-state index contributed by atoms with van der Waals surface area (Å²) >= 11 is 0. The number of guanidine groups is 1. The molecule has 0 aromatic carbocycles. The lowest BCUT2D eigenvalue weighted by molar-refractivity contribution is -0.144. The monoisotopic (exact) mass is 515 g/mol. The van der Waals surface area contributed by atoms with Crippen LogP contribution in [0.2, 0.25) is 0 Å². The first-order valence-corrected chi connectivity index (χ1v) is 11.9. The number of hydrogen-bond acceptors (Lipinski definition) is 7. The number of aliphatic carboxylic acids is 2. The molecular formula is C22H41N7O7. The van der Waals surface area contributed by atoms with Gasteiger partial charge in [0.05, 0.1) is 12.5 Å². The maximum atomic E-state index is 13.0. The fraction of sp³-hybridized carbons (Fsp3) is 0.727. The molecule has 0 aliphatic heterocycles. The number of hydrogen-bond donors (Lipinski definition) is 8. The first kappa shape index (κ1) is 32.6. The van der Waals surface area contributed by atoms with Gasteiger partial charge in [0.15, 0.2) is 5.96 Å². The Balaban J connectivity index is 5.46. The Kier molecular flexibility index (Phi) is 14.7. The molecule has 206 valence electrons. The molecule has 0 bridgehead atoms. The van der Waals surface area contributed by atoms with Crippen LogP contribution >= 0.6 is 0 Å². The second kappa shape index (κ2) is 16.3. The molecule has 0 aliphatic carbocycles. The Morgan fingerprint density at radius 3 is 1.92 bits per heavy atom. The average molecular weight is 516 g/mol. The fourth-order valence-corrected chi connectivity index (χ4v) is 3.23. The van der Waals surface area contributed by atoms with Crippen LogP contribution in [-0.4, -0.2) is 76.5 Å². The van der Waals surface area contributed by atoms with E-state index in [2.05, 4.69) is 20.9 Å². The molecule has 0 aliphatic rings. The van der Waals surface area contributed by atoms with Crippen LogP contribution in [0.3, 0.4) is 0 Å². The Labute approximate surface area is 210 Å². The van der Waals surface area contributed by atoms with Crippen LogP contribution in [0.5, 0.6) is 0 Å². The van der Waals surface area contributed by atoms with Crippen molar-refractivity contribution in [3.8, 4) is 0 Å². The number of amides is 3. The number of carbonyl (C=O) groups is 5. The quantitative estimate of drug-likeness (QED) is 0.0630. The lowest BCUT2D eigenvalue weighted by Crippen LogP contribution is -2.58. The minimum atomic E-state index is -1.55. The standard InChI is InChI=1S/C22H41N7O7/c1-5-12(4)17(21(35)36)29-20(34)15(10-16(30)31)28-19(33)14(9-11(2)3)27-18(32)13(23)7-6-8-26-22(24)25/h11-15,17H,5-10,23H2,1-4H3,(H,27,32)(H,28,33)(H,29,34)(H,30,31)(H,35,36)(H4,24,25,26). The van der Waals surface area contributed by atoms with Gasteiger partial charge < -0.3 is 43.4 Å². The number of nitrogens with two attached hydrogens (primary N) is 3. The van der Waals surface area contributed by atoms with Crippen molar-refractivity contribution in [2.45, 2.75) is 84.0 Å². The molecule has 0 aromatic rings. The van der Waals surface area contributed by atoms with E-state index in [4.69, 9.17) is 17.2 Å². The van der Waals surface area contributed by atoms with Gasteiger partial charge in [-0.05, 0) is 31.1 Å². The van der Waals surface area contributed by atoms with Crippen LogP contribution < -0.4 is 33.2 Å². The molecular weight excluding hydrogens is 474 g/mol. The van der Waals surface area contributed by atoms with Gasteiger partial charge in [0.25, 0.3) is 0 Å². The summed E-state index contributed by atoms with van der Waals surface area (Å²) in [6, 6.07) is -4.87. The van der Waals surface area contributed by atoms with E-state index in [9.17, 15) is 34.2 Å². The third kappa shape index (κ3) is 12.9. The van der Waals surface area contributed by atoms with Crippen molar-refractivity contribution in [2.75, 3.05) is 6.54 Å². The second-order valence-corrected chi connectivity index (χ2v) is 9.12. The molecule has 3 amide bonds. The van der Waals surface area contributed by atoms with Gasteiger partial charge >= 0.3 is 11.9 Å². The Morgan fingerprint density at radius 2 is 1.44 bits per heavy atom. The largest absolute Gasteiger partial charge is 0.481 e. The predicted octanol–water partition coefficient (Wildman–Crippen LogP) is -1.53. The first-order chi connectivity index (χ1) is 16.7. The second-order valence-electron chi connectivity index (χ2n) is 9.12. The lowest BCUT2D eigenvalue weighted by atomic mass is 9.98. The summed E-state index contributed by atoms with van der Waals surface area (Å²) in [5.41, 5.74) is 16.4. The van der Waals surface area contributed by atoms with Crippen LogP contribution in [0.15, 0.2) is 4.99 Å². The maximum Gasteiger partial charge on any atom is 0.326 e. The summed E-state index contributed by atoms with van der Waals surface area (Å²) in [6.45, 7) is 7.27. The molecule has 5 unspecified atom stereocenters. The zero-order chi connectivity index (χ0) is 28.0. The maximum absolute atomic E-state index is 13.0. The van der Waals surface area contributed by atoms with Crippen LogP contribution in [0.25, 0.3) is 0 Å². The predicted molar refractivity (Wildman–Crippen MR) is 132 cm³/mol. The molecule has 36 heavy (non-hydrogen) atoms. The van der Waals surface area contributed by atoms with E-state index in [0.29, 0.717) is 12.8 Å². The highest BCUT2D eigenvalue weighted by molar-refractivity contribution is 5.95. The molecule has 5 atom stereocenters. The van der Waals surface area contributed by atoms with Gasteiger partial charge in [-0.25, -0.2) is 4.79 Å². The van der Waals surface area contributed by atoms with Crippen molar-refractivity contribution in [1.29, 1.82) is 0 Å². The molecule has 11 N–H and O–H groups in total. The molecule has 14 nitrogen and oxygen atoms in total. The first-order valence-electron chi connectivity index (χ1n) is 11.9. The summed E-state index contributed by atoms with van der Waals surface area (Å²) in [4.78, 5) is 64.9. The summed E-state index contributed by atoms with van der Waals surface area (Å²) in [5, 5.41) is 25.8. The van der Waals surface area contributed by atoms with E-state index in [1.807, 2.05) is 13.8 Å². The summed E-state index contributed by atoms with van der Waals surface area (Å²) in [5.74, 6) is -5.58. The molecule has 0 aromatic heterocycles. The Hall–Kier alpha value is -3.42. The number of rotatable bonds is 17. The van der Waals surface area contributed by atoms with Crippen molar-refractivity contribution >= 4 is 35.6 Å². The minimum absolute atomic E-state index is 0.0484. The molecule has 14 heteroatoms. The molecule has 0 radical (unpaired) electrons. The topological polar surface area (TPSA) is 252 Å². The summed E-state index contributed by atoms with van der Waals surface area (Å²) in [6.07, 6.45) is 0.521. The van der Waals surface area contributed by atoms with Crippen LogP contribution in [-0.2, 0) is 24.0 Å². The van der Waals surface area contributed by atoms with Crippen molar-refractivity contribution in [2.24, 2.45) is 34.0 Å². The van der Waals surface area contributed by atoms with Crippen molar-refractivity contribution < 1.29 is 34.2 Å². The highest BCUT2D eigenvalue weighted by Gasteiger charge is 2.33. The molecule has 0 spiro atoms. The van der Waals surface area contributed by atoms with Crippen LogP contribution in [0.1, 0.15) is 59.8 Å². The van der Waals surface area contributed by atoms with Gasteiger partial charge in [0.1, 0.15) is 18.1 Å². The number of nitrogens with zero attached hydrogens (tertiary/aromatic N) is 1. The van der Waals surface area contributed by atoms with Crippen LogP contribution in [0.4, 0.5) is 0 Å². The molecule has 0 saturated heterocycles. The highest BCUT2D eigenvalue weighted by Crippen LogP contribution is 2.10. The van der Waals surface area contributed by atoms with Gasteiger partial charge in [-0.1, -0.05) is 34.1 Å². The Bertz CT molecular complexity index is 800. The molecule has 0 fully saturated rings. The fourth-order valence-electron chi connectivity index (χ4n) is 3.23. The van der Waals surface area contributed by atoms with E-state index in [1.165, 1.54) is 0 Å². The smallest absolute Gasteiger partial charge is 0.326 e. The number of carbonyl (C=O) groups excluding carboxylic acids is 3. The normalized spacial score (nSPS) is 15.1. The van der Waals surface area contributed by atoms with Gasteiger partial charge in [-0.15, -0.1) is 0 Å². The van der Waals surface area contributed by atoms with Gasteiger partial charge in [0, 0.05) is 6.54 Å². The van der Waals surface area contributed by atoms with Crippen molar-refractivity contribution in [3.05, 3.63) is 0 Å². The van der Waals surface area contributed by atoms with Gasteiger partial charge in [0.2, 0.25) is 17.7 Å². The molecule has 0 heterocycles. The average Bonchev–Trinajstić information content (AvgIpc) is 2.77. The van der Waals surface area contributed by atoms with Gasteiger partial charge in [-0.2, -0.15) is 0 Å². The van der Waals surface area contributed by atoms with Crippen molar-refractivity contribution in [1.82, 2.24) is 16.0 Å². The lowest BCUT2D eigenvalue weighted by Gasteiger charge is -2.26. The third-order valence-electron chi connectivity index (χ3n) is 5.43. The van der Waals surface area contributed by atoms with E-state index in [-0.39, 0.29) is 31.3 Å². The molecule has 0 rings (SSSR count). The summed E-state index contributed by atoms with van der Waals surface area (Å²) in [7, 11) is 0. The number of carboxylic acid groups (broad SMARTS) is 2. The van der Waals surface area contributed by atoms with Crippen LogP contribution in [0, 0.1) is 11.8 Å². The highest BCUT2D eigenvalue weighted by atomic mass is 16.4. The van der Waals surface area contributed by atoms with E-state index in [1.54, 1.807) is 13.8 Å². The van der Waals surface area contributed by atoms with E-state index >= 15 is 0 Å². The minimum Gasteiger partial charge on any atom is -0.481 e.